The quantitative estimate of drug-likeness (QED) is 0.665. The maximum absolute atomic E-state index is 11.6. The van der Waals surface area contributed by atoms with Gasteiger partial charge in [0.2, 0.25) is 0 Å². The molecule has 0 radical (unpaired) electrons. The predicted molar refractivity (Wildman–Crippen MR) is 68.5 cm³/mol. The van der Waals surface area contributed by atoms with E-state index < -0.39 is 17.9 Å². The highest BCUT2D eigenvalue weighted by Crippen LogP contribution is 2.32. The van der Waals surface area contributed by atoms with Crippen LogP contribution in [-0.2, 0) is 9.59 Å². The van der Waals surface area contributed by atoms with Crippen molar-refractivity contribution in [2.45, 2.75) is 13.0 Å². The molecular formula is C12H16N2O5. The average Bonchev–Trinajstić information content (AvgIpc) is 2.38. The summed E-state index contributed by atoms with van der Waals surface area (Å²) in [6, 6.07) is 1.57. The van der Waals surface area contributed by atoms with Crippen LogP contribution in [-0.4, -0.2) is 37.2 Å². The van der Waals surface area contributed by atoms with Crippen molar-refractivity contribution < 1.29 is 24.2 Å². The zero-order chi connectivity index (χ0) is 14.6. The molecule has 19 heavy (non-hydrogen) atoms. The number of hydrogen-bond acceptors (Lipinski definition) is 5. The van der Waals surface area contributed by atoms with Crippen LogP contribution in [0.4, 0.5) is 5.69 Å². The van der Waals surface area contributed by atoms with Gasteiger partial charge < -0.3 is 25.6 Å². The number of amides is 1. The van der Waals surface area contributed by atoms with Gasteiger partial charge in [-0.2, -0.15) is 0 Å². The standard InChI is InChI=1S/C12H16N2O5/c1-6-4-9(19-3)7(5-8(6)18-2)14-11(15)10(13)12(16)17/h4-5,10H,13H2,1-3H3,(H,14,15)(H,16,17). The number of ether oxygens (including phenoxy) is 2. The first kappa shape index (κ1) is 14.8. The molecule has 104 valence electrons. The number of carboxylic acid groups (broad SMARTS) is 1. The van der Waals surface area contributed by atoms with Crippen molar-refractivity contribution >= 4 is 17.6 Å². The fourth-order valence-corrected chi connectivity index (χ4v) is 1.47. The molecule has 0 saturated heterocycles. The van der Waals surface area contributed by atoms with E-state index in [1.807, 2.05) is 6.92 Å². The third kappa shape index (κ3) is 3.35. The molecule has 1 rings (SSSR count). The van der Waals surface area contributed by atoms with Crippen molar-refractivity contribution in [3.05, 3.63) is 17.7 Å². The number of nitrogens with one attached hydrogen (secondary N) is 1. The molecule has 0 aromatic heterocycles. The minimum absolute atomic E-state index is 0.298. The molecule has 7 heteroatoms. The summed E-state index contributed by atoms with van der Waals surface area (Å²) < 4.78 is 10.2. The van der Waals surface area contributed by atoms with Crippen LogP contribution >= 0.6 is 0 Å². The SMILES string of the molecule is COc1cc(NC(=O)C(N)C(=O)O)c(OC)cc1C. The van der Waals surface area contributed by atoms with E-state index in [0.717, 1.165) is 5.56 Å². The van der Waals surface area contributed by atoms with Crippen molar-refractivity contribution in [2.75, 3.05) is 19.5 Å². The first-order chi connectivity index (χ1) is 8.90. The molecule has 7 nitrogen and oxygen atoms in total. The minimum atomic E-state index is -1.64. The number of aryl methyl sites for hydroxylation is 1. The Balaban J connectivity index is 3.06. The second-order valence-electron chi connectivity index (χ2n) is 3.83. The summed E-state index contributed by atoms with van der Waals surface area (Å²) in [5.74, 6) is -1.31. The van der Waals surface area contributed by atoms with Crippen LogP contribution in [0, 0.1) is 6.92 Å². The first-order valence-corrected chi connectivity index (χ1v) is 5.42. The van der Waals surface area contributed by atoms with Gasteiger partial charge in [0.1, 0.15) is 11.5 Å². The summed E-state index contributed by atoms with van der Waals surface area (Å²) in [7, 11) is 2.93. The Labute approximate surface area is 110 Å². The highest BCUT2D eigenvalue weighted by Gasteiger charge is 2.22. The molecule has 0 heterocycles. The molecule has 0 fully saturated rings. The minimum Gasteiger partial charge on any atom is -0.496 e. The van der Waals surface area contributed by atoms with Crippen molar-refractivity contribution in [3.8, 4) is 11.5 Å². The maximum atomic E-state index is 11.6. The molecule has 0 aliphatic carbocycles. The zero-order valence-electron chi connectivity index (χ0n) is 10.9. The predicted octanol–water partition coefficient (Wildman–Crippen LogP) is 0.363. The lowest BCUT2D eigenvalue weighted by molar-refractivity contribution is -0.141. The second kappa shape index (κ2) is 6.05. The van der Waals surface area contributed by atoms with Gasteiger partial charge in [0, 0.05) is 6.07 Å². The molecule has 1 unspecified atom stereocenters. The van der Waals surface area contributed by atoms with Crippen LogP contribution in [0.15, 0.2) is 12.1 Å². The monoisotopic (exact) mass is 268 g/mol. The van der Waals surface area contributed by atoms with E-state index >= 15 is 0 Å². The Morgan fingerprint density at radius 2 is 1.84 bits per heavy atom. The van der Waals surface area contributed by atoms with Crippen LogP contribution in [0.5, 0.6) is 11.5 Å². The van der Waals surface area contributed by atoms with Crippen molar-refractivity contribution in [2.24, 2.45) is 5.73 Å². The third-order valence-electron chi connectivity index (χ3n) is 2.52. The van der Waals surface area contributed by atoms with Gasteiger partial charge in [-0.3, -0.25) is 4.79 Å². The number of anilines is 1. The third-order valence-corrected chi connectivity index (χ3v) is 2.52. The number of benzene rings is 1. The van der Waals surface area contributed by atoms with Gasteiger partial charge in [-0.1, -0.05) is 0 Å². The number of methoxy groups -OCH3 is 2. The lowest BCUT2D eigenvalue weighted by Crippen LogP contribution is -2.42. The van der Waals surface area contributed by atoms with Gasteiger partial charge >= 0.3 is 5.97 Å². The number of hydrogen-bond donors (Lipinski definition) is 3. The van der Waals surface area contributed by atoms with Gasteiger partial charge in [-0.15, -0.1) is 0 Å². The van der Waals surface area contributed by atoms with E-state index in [1.165, 1.54) is 14.2 Å². The Morgan fingerprint density at radius 3 is 2.32 bits per heavy atom. The summed E-state index contributed by atoms with van der Waals surface area (Å²) in [5, 5.41) is 11.1. The summed E-state index contributed by atoms with van der Waals surface area (Å²) >= 11 is 0. The molecule has 1 aromatic rings. The van der Waals surface area contributed by atoms with E-state index in [9.17, 15) is 9.59 Å². The summed E-state index contributed by atoms with van der Waals surface area (Å²) in [5.41, 5.74) is 6.33. The van der Waals surface area contributed by atoms with E-state index in [2.05, 4.69) is 5.32 Å². The molecule has 1 atom stereocenters. The molecule has 4 N–H and O–H groups in total. The highest BCUT2D eigenvalue weighted by atomic mass is 16.5. The number of carbonyl (C=O) groups excluding carboxylic acids is 1. The Bertz CT molecular complexity index is 501. The fraction of sp³-hybridized carbons (Fsp3) is 0.333. The number of carboxylic acids is 1. The lowest BCUT2D eigenvalue weighted by Gasteiger charge is -2.14. The van der Waals surface area contributed by atoms with Crippen LogP contribution in [0.25, 0.3) is 0 Å². The first-order valence-electron chi connectivity index (χ1n) is 5.42. The van der Waals surface area contributed by atoms with Gasteiger partial charge in [0.15, 0.2) is 6.04 Å². The largest absolute Gasteiger partial charge is 0.496 e. The van der Waals surface area contributed by atoms with Gasteiger partial charge in [-0.05, 0) is 18.6 Å². The number of rotatable bonds is 5. The zero-order valence-corrected chi connectivity index (χ0v) is 10.9. The van der Waals surface area contributed by atoms with Gasteiger partial charge in [0.25, 0.3) is 5.91 Å². The van der Waals surface area contributed by atoms with Crippen LogP contribution in [0.1, 0.15) is 5.56 Å². The molecule has 0 aliphatic rings. The summed E-state index contributed by atoms with van der Waals surface area (Å²) in [6.45, 7) is 1.82. The van der Waals surface area contributed by atoms with E-state index in [0.29, 0.717) is 17.2 Å². The van der Waals surface area contributed by atoms with Crippen LogP contribution in [0.3, 0.4) is 0 Å². The molecule has 0 saturated carbocycles. The Morgan fingerprint density at radius 1 is 1.26 bits per heavy atom. The smallest absolute Gasteiger partial charge is 0.330 e. The fourth-order valence-electron chi connectivity index (χ4n) is 1.47. The molecule has 0 bridgehead atoms. The average molecular weight is 268 g/mol. The number of nitrogens with two attached hydrogens (primary N) is 1. The van der Waals surface area contributed by atoms with Crippen molar-refractivity contribution in [1.82, 2.24) is 0 Å². The molecule has 1 amide bonds. The number of carbonyl (C=O) groups is 2. The molecule has 0 aliphatic heterocycles. The molecular weight excluding hydrogens is 252 g/mol. The number of aliphatic carboxylic acids is 1. The maximum Gasteiger partial charge on any atom is 0.330 e. The van der Waals surface area contributed by atoms with Gasteiger partial charge in [-0.25, -0.2) is 4.79 Å². The van der Waals surface area contributed by atoms with Gasteiger partial charge in [0.05, 0.1) is 19.9 Å². The van der Waals surface area contributed by atoms with E-state index in [-0.39, 0.29) is 0 Å². The molecule has 1 aromatic carbocycles. The van der Waals surface area contributed by atoms with Crippen molar-refractivity contribution in [1.29, 1.82) is 0 Å². The topological polar surface area (TPSA) is 111 Å². The highest BCUT2D eigenvalue weighted by molar-refractivity contribution is 6.08. The second-order valence-corrected chi connectivity index (χ2v) is 3.83. The van der Waals surface area contributed by atoms with E-state index in [1.54, 1.807) is 12.1 Å². The van der Waals surface area contributed by atoms with Crippen LogP contribution < -0.4 is 20.5 Å². The Hall–Kier alpha value is -2.28. The Kier molecular flexibility index (Phi) is 4.71. The summed E-state index contributed by atoms with van der Waals surface area (Å²) in [4.78, 5) is 22.2. The normalized spacial score (nSPS) is 11.6. The lowest BCUT2D eigenvalue weighted by atomic mass is 10.1. The van der Waals surface area contributed by atoms with E-state index in [4.69, 9.17) is 20.3 Å². The molecule has 0 spiro atoms. The van der Waals surface area contributed by atoms with Crippen molar-refractivity contribution in [3.63, 3.8) is 0 Å². The van der Waals surface area contributed by atoms with Crippen LogP contribution in [0.2, 0.25) is 0 Å². The summed E-state index contributed by atoms with van der Waals surface area (Å²) in [6.07, 6.45) is 0.